The lowest BCUT2D eigenvalue weighted by Gasteiger charge is -2.15. The van der Waals surface area contributed by atoms with Crippen molar-refractivity contribution in [3.63, 3.8) is 0 Å². The van der Waals surface area contributed by atoms with Crippen molar-refractivity contribution < 1.29 is 41.7 Å². The largest absolute Gasteiger partial charge is 0.350 e. The maximum atomic E-state index is 13.5. The van der Waals surface area contributed by atoms with Crippen molar-refractivity contribution >= 4 is 5.97 Å². The second-order valence-corrected chi connectivity index (χ2v) is 3.64. The van der Waals surface area contributed by atoms with Crippen LogP contribution in [0.3, 0.4) is 0 Å². The van der Waals surface area contributed by atoms with Crippen molar-refractivity contribution in [1.82, 2.24) is 0 Å². The Labute approximate surface area is 113 Å². The van der Waals surface area contributed by atoms with Crippen LogP contribution in [0.1, 0.15) is 24.8 Å². The molecule has 0 aromatic heterocycles. The van der Waals surface area contributed by atoms with Crippen LogP contribution in [0.5, 0.6) is 0 Å². The van der Waals surface area contributed by atoms with Gasteiger partial charge in [0.2, 0.25) is 5.82 Å². The summed E-state index contributed by atoms with van der Waals surface area (Å²) in [6, 6.07) is 0. The monoisotopic (exact) mass is 315 g/mol. The molecule has 0 bridgehead atoms. The van der Waals surface area contributed by atoms with Gasteiger partial charge < -0.3 is 0 Å². The third-order valence-electron chi connectivity index (χ3n) is 2.47. The standard InChI is InChI=1S/C10H6F5NO5/c1-2-3(10(17)20-21-16(18)19)4-5(11)7(13)9(15)8(14)6(4)12/h3H,2H2,1H3. The van der Waals surface area contributed by atoms with Crippen LogP contribution in [-0.4, -0.2) is 11.1 Å². The van der Waals surface area contributed by atoms with Gasteiger partial charge in [0.05, 0.1) is 5.92 Å². The van der Waals surface area contributed by atoms with Crippen LogP contribution >= 0.6 is 0 Å². The minimum absolute atomic E-state index is 0.460. The zero-order chi connectivity index (χ0) is 16.3. The number of rotatable bonds is 5. The van der Waals surface area contributed by atoms with Gasteiger partial charge in [0.1, 0.15) is 0 Å². The molecule has 0 saturated heterocycles. The fourth-order valence-electron chi connectivity index (χ4n) is 1.54. The number of halogens is 5. The molecule has 0 radical (unpaired) electrons. The van der Waals surface area contributed by atoms with Crippen molar-refractivity contribution in [2.24, 2.45) is 0 Å². The first-order valence-electron chi connectivity index (χ1n) is 5.26. The molecule has 0 N–H and O–H groups in total. The smallest absolute Gasteiger partial charge is 0.260 e. The highest BCUT2D eigenvalue weighted by molar-refractivity contribution is 5.77. The maximum absolute atomic E-state index is 13.5. The van der Waals surface area contributed by atoms with Gasteiger partial charge in [-0.3, -0.25) is 4.89 Å². The van der Waals surface area contributed by atoms with E-state index in [1.807, 2.05) is 0 Å². The number of hydrogen-bond acceptors (Lipinski definition) is 5. The van der Waals surface area contributed by atoms with E-state index in [2.05, 4.69) is 9.88 Å². The molecule has 1 aromatic rings. The van der Waals surface area contributed by atoms with Crippen LogP contribution < -0.4 is 0 Å². The van der Waals surface area contributed by atoms with Gasteiger partial charge in [0.15, 0.2) is 23.3 Å². The van der Waals surface area contributed by atoms with E-state index in [4.69, 9.17) is 0 Å². The molecule has 0 aliphatic carbocycles. The topological polar surface area (TPSA) is 78.7 Å². The predicted octanol–water partition coefficient (Wildman–Crippen LogP) is 2.54. The molecule has 11 heteroatoms. The van der Waals surface area contributed by atoms with E-state index in [9.17, 15) is 36.9 Å². The molecule has 0 amide bonds. The van der Waals surface area contributed by atoms with Gasteiger partial charge >= 0.3 is 11.1 Å². The molecule has 0 aliphatic heterocycles. The van der Waals surface area contributed by atoms with E-state index in [0.717, 1.165) is 6.92 Å². The summed E-state index contributed by atoms with van der Waals surface area (Å²) in [6.45, 7) is 1.16. The Hall–Kier alpha value is -2.46. The first-order chi connectivity index (χ1) is 9.72. The van der Waals surface area contributed by atoms with E-state index in [0.29, 0.717) is 0 Å². The van der Waals surface area contributed by atoms with E-state index < -0.39 is 58.0 Å². The lowest BCUT2D eigenvalue weighted by Crippen LogP contribution is -2.21. The number of nitrogens with zero attached hydrogens (tertiary/aromatic N) is 1. The molecule has 0 aliphatic rings. The SMILES string of the molecule is CCC(C(=O)OO[N+](=O)[O-])c1c(F)c(F)c(F)c(F)c1F. The van der Waals surface area contributed by atoms with E-state index in [1.165, 1.54) is 0 Å². The second kappa shape index (κ2) is 6.33. The van der Waals surface area contributed by atoms with Gasteiger partial charge in [0, 0.05) is 5.56 Å². The summed E-state index contributed by atoms with van der Waals surface area (Å²) >= 11 is 0. The molecule has 1 atom stereocenters. The van der Waals surface area contributed by atoms with Crippen LogP contribution in [0.4, 0.5) is 22.0 Å². The van der Waals surface area contributed by atoms with E-state index in [1.54, 1.807) is 0 Å². The highest BCUT2D eigenvalue weighted by atomic mass is 19.2. The molecule has 21 heavy (non-hydrogen) atoms. The Morgan fingerprint density at radius 1 is 1.10 bits per heavy atom. The summed E-state index contributed by atoms with van der Waals surface area (Å²) in [5.41, 5.74) is -1.45. The molecule has 116 valence electrons. The van der Waals surface area contributed by atoms with Gasteiger partial charge in [-0.1, -0.05) is 11.9 Å². The van der Waals surface area contributed by atoms with E-state index in [-0.39, 0.29) is 0 Å². The van der Waals surface area contributed by atoms with Gasteiger partial charge in [-0.25, -0.2) is 26.7 Å². The first kappa shape index (κ1) is 16.6. The Bertz CT molecular complexity index is 565. The third-order valence-corrected chi connectivity index (χ3v) is 2.47. The molecule has 1 rings (SSSR count). The molecule has 0 fully saturated rings. The Kier molecular flexibility index (Phi) is 5.00. The van der Waals surface area contributed by atoms with Crippen molar-refractivity contribution in [3.8, 4) is 0 Å². The highest BCUT2D eigenvalue weighted by Gasteiger charge is 2.34. The molecule has 0 spiro atoms. The predicted molar refractivity (Wildman–Crippen MR) is 53.4 cm³/mol. The first-order valence-corrected chi connectivity index (χ1v) is 5.26. The Morgan fingerprint density at radius 3 is 1.90 bits per heavy atom. The lowest BCUT2D eigenvalue weighted by atomic mass is 9.95. The molecule has 0 heterocycles. The second-order valence-electron chi connectivity index (χ2n) is 3.64. The summed E-state index contributed by atoms with van der Waals surface area (Å²) in [5.74, 6) is -15.0. The zero-order valence-electron chi connectivity index (χ0n) is 10.2. The minimum Gasteiger partial charge on any atom is -0.260 e. The molecular formula is C10H6F5NO5. The number of carbonyl (C=O) groups excluding carboxylic acids is 1. The maximum Gasteiger partial charge on any atom is 0.350 e. The molecule has 0 saturated carbocycles. The molecular weight excluding hydrogens is 309 g/mol. The number of benzene rings is 1. The highest BCUT2D eigenvalue weighted by Crippen LogP contribution is 2.31. The van der Waals surface area contributed by atoms with Gasteiger partial charge in [-0.15, -0.1) is 10.1 Å². The summed E-state index contributed by atoms with van der Waals surface area (Å²) in [5, 5.41) is 8.29. The van der Waals surface area contributed by atoms with E-state index >= 15 is 0 Å². The number of hydrogen-bond donors (Lipinski definition) is 0. The van der Waals surface area contributed by atoms with Crippen LogP contribution in [0.2, 0.25) is 0 Å². The average molecular weight is 315 g/mol. The van der Waals surface area contributed by atoms with Gasteiger partial charge in [-0.2, -0.15) is 0 Å². The molecule has 1 aromatic carbocycles. The normalized spacial score (nSPS) is 11.9. The van der Waals surface area contributed by atoms with Crippen molar-refractivity contribution in [1.29, 1.82) is 0 Å². The average Bonchev–Trinajstić information content (AvgIpc) is 2.45. The van der Waals surface area contributed by atoms with Crippen LogP contribution in [0.25, 0.3) is 0 Å². The van der Waals surface area contributed by atoms with Gasteiger partial charge in [-0.05, 0) is 6.42 Å². The summed E-state index contributed by atoms with van der Waals surface area (Å²) in [4.78, 5) is 28.1. The van der Waals surface area contributed by atoms with Crippen molar-refractivity contribution in [3.05, 3.63) is 44.8 Å². The molecule has 6 nitrogen and oxygen atoms in total. The van der Waals surface area contributed by atoms with Crippen LogP contribution in [0, 0.1) is 39.2 Å². The number of carbonyl (C=O) groups is 1. The fourth-order valence-corrected chi connectivity index (χ4v) is 1.54. The van der Waals surface area contributed by atoms with Crippen LogP contribution in [0.15, 0.2) is 0 Å². The summed E-state index contributed by atoms with van der Waals surface area (Å²) in [7, 11) is 0. The van der Waals surface area contributed by atoms with Gasteiger partial charge in [0.25, 0.3) is 0 Å². The summed E-state index contributed by atoms with van der Waals surface area (Å²) < 4.78 is 65.9. The minimum atomic E-state index is -2.39. The third kappa shape index (κ3) is 3.17. The summed E-state index contributed by atoms with van der Waals surface area (Å²) in [6.07, 6.45) is -0.460. The zero-order valence-corrected chi connectivity index (χ0v) is 10.2. The lowest BCUT2D eigenvalue weighted by molar-refractivity contribution is -0.839. The quantitative estimate of drug-likeness (QED) is 0.208. The Morgan fingerprint density at radius 2 is 1.52 bits per heavy atom. The van der Waals surface area contributed by atoms with Crippen molar-refractivity contribution in [2.75, 3.05) is 0 Å². The Balaban J connectivity index is 3.29. The van der Waals surface area contributed by atoms with Crippen LogP contribution in [-0.2, 0) is 14.7 Å². The molecule has 1 unspecified atom stereocenters. The fraction of sp³-hybridized carbons (Fsp3) is 0.300. The van der Waals surface area contributed by atoms with Crippen molar-refractivity contribution in [2.45, 2.75) is 19.3 Å².